The number of esters is 3. The lowest BCUT2D eigenvalue weighted by atomic mass is 10.1. The standard InChI is InChI=1S/C71H128O6/c1-4-7-10-13-16-19-22-25-28-31-34-35-38-40-43-46-49-52-55-58-61-64-70(73)76-67-68(77-71(74)65-62-59-56-53-50-47-44-41-37-33-30-27-24-21-18-15-12-9-6-3)66-75-69(72)63-60-57-54-51-48-45-42-39-36-32-29-26-23-20-17-14-11-8-5-2/h18,21-22,25-27,29-31,34,68H,4-17,19-20,23-24,28,32-33,35-67H2,1-3H3/b21-18-,25-22-,29-26-,30-27-,34-31-. The van der Waals surface area contributed by atoms with E-state index in [0.29, 0.717) is 19.3 Å². The molecule has 0 aliphatic heterocycles. The van der Waals surface area contributed by atoms with Gasteiger partial charge in [-0.1, -0.05) is 287 Å². The maximum absolute atomic E-state index is 12.9. The Morgan fingerprint density at radius 2 is 0.468 bits per heavy atom. The van der Waals surface area contributed by atoms with Crippen molar-refractivity contribution in [1.82, 2.24) is 0 Å². The van der Waals surface area contributed by atoms with E-state index in [2.05, 4.69) is 81.5 Å². The van der Waals surface area contributed by atoms with Crippen LogP contribution in [0.15, 0.2) is 60.8 Å². The summed E-state index contributed by atoms with van der Waals surface area (Å²) < 4.78 is 17.0. The second-order valence-corrected chi connectivity index (χ2v) is 22.7. The number of carbonyl (C=O) groups excluding carboxylic acids is 3. The van der Waals surface area contributed by atoms with Crippen molar-refractivity contribution in [1.29, 1.82) is 0 Å². The van der Waals surface area contributed by atoms with E-state index in [4.69, 9.17) is 14.2 Å². The Morgan fingerprint density at radius 1 is 0.260 bits per heavy atom. The highest BCUT2D eigenvalue weighted by Gasteiger charge is 2.19. The molecule has 0 aromatic heterocycles. The van der Waals surface area contributed by atoms with Crippen molar-refractivity contribution in [2.24, 2.45) is 0 Å². The molecule has 77 heavy (non-hydrogen) atoms. The Kier molecular flexibility index (Phi) is 63.2. The van der Waals surface area contributed by atoms with Crippen LogP contribution in [0, 0.1) is 0 Å². The Morgan fingerprint density at radius 3 is 0.753 bits per heavy atom. The smallest absolute Gasteiger partial charge is 0.306 e. The fraction of sp³-hybridized carbons (Fsp3) is 0.817. The van der Waals surface area contributed by atoms with Crippen LogP contribution >= 0.6 is 0 Å². The first-order valence-electron chi connectivity index (χ1n) is 33.8. The van der Waals surface area contributed by atoms with Gasteiger partial charge in [0.05, 0.1) is 0 Å². The number of hydrogen-bond acceptors (Lipinski definition) is 6. The first-order valence-corrected chi connectivity index (χ1v) is 33.8. The molecule has 0 spiro atoms. The second-order valence-electron chi connectivity index (χ2n) is 22.7. The van der Waals surface area contributed by atoms with Gasteiger partial charge in [0.1, 0.15) is 13.2 Å². The summed E-state index contributed by atoms with van der Waals surface area (Å²) in [6.45, 7) is 6.65. The highest BCUT2D eigenvalue weighted by atomic mass is 16.6. The predicted octanol–water partition coefficient (Wildman–Crippen LogP) is 23.1. The Balaban J connectivity index is 4.36. The summed E-state index contributed by atoms with van der Waals surface area (Å²) in [6, 6.07) is 0. The second kappa shape index (κ2) is 65.6. The lowest BCUT2D eigenvalue weighted by Crippen LogP contribution is -2.30. The van der Waals surface area contributed by atoms with E-state index in [9.17, 15) is 14.4 Å². The van der Waals surface area contributed by atoms with E-state index in [1.807, 2.05) is 0 Å². The summed E-state index contributed by atoms with van der Waals surface area (Å²) >= 11 is 0. The SMILES string of the molecule is CCCCC/C=C\C/C=C\CCCCCCCCCCCC(=O)OC(COC(=O)CCCCCCCCCCC/C=C\C/C=C\CCCCCCC)COC(=O)CCCCCCCCCCC/C=C\CCCCCCCC. The molecule has 0 aromatic rings. The number of ether oxygens (including phenoxy) is 3. The monoisotopic (exact) mass is 1080 g/mol. The maximum atomic E-state index is 12.9. The molecule has 6 nitrogen and oxygen atoms in total. The summed E-state index contributed by atoms with van der Waals surface area (Å²) in [5.74, 6) is -0.866. The lowest BCUT2D eigenvalue weighted by molar-refractivity contribution is -0.167. The Hall–Kier alpha value is -2.89. The van der Waals surface area contributed by atoms with Gasteiger partial charge >= 0.3 is 17.9 Å². The molecule has 0 saturated carbocycles. The van der Waals surface area contributed by atoms with Crippen LogP contribution in [-0.2, 0) is 28.6 Å². The van der Waals surface area contributed by atoms with E-state index in [1.165, 1.54) is 244 Å². The van der Waals surface area contributed by atoms with Gasteiger partial charge in [0, 0.05) is 19.3 Å². The van der Waals surface area contributed by atoms with E-state index in [-0.39, 0.29) is 31.1 Å². The number of allylic oxidation sites excluding steroid dienone is 10. The molecule has 0 bridgehead atoms. The number of unbranched alkanes of at least 4 members (excludes halogenated alkanes) is 41. The summed E-state index contributed by atoms with van der Waals surface area (Å²) in [6.07, 6.45) is 83.6. The third kappa shape index (κ3) is 63.8. The van der Waals surface area contributed by atoms with Crippen LogP contribution in [0.3, 0.4) is 0 Å². The molecular weight excluding hydrogens is 949 g/mol. The molecule has 0 aromatic carbocycles. The number of rotatable bonds is 62. The molecule has 0 rings (SSSR count). The van der Waals surface area contributed by atoms with Crippen molar-refractivity contribution in [2.45, 2.75) is 361 Å². The van der Waals surface area contributed by atoms with Crippen LogP contribution in [0.4, 0.5) is 0 Å². The average Bonchev–Trinajstić information content (AvgIpc) is 3.43. The minimum atomic E-state index is -0.780. The van der Waals surface area contributed by atoms with Gasteiger partial charge in [-0.3, -0.25) is 14.4 Å². The first-order chi connectivity index (χ1) is 38.0. The van der Waals surface area contributed by atoms with Crippen LogP contribution in [0.1, 0.15) is 355 Å². The minimum Gasteiger partial charge on any atom is -0.462 e. The zero-order chi connectivity index (χ0) is 55.7. The molecule has 1 unspecified atom stereocenters. The minimum absolute atomic E-state index is 0.0761. The number of carbonyl (C=O) groups is 3. The normalized spacial score (nSPS) is 12.4. The van der Waals surface area contributed by atoms with E-state index >= 15 is 0 Å². The van der Waals surface area contributed by atoms with Crippen molar-refractivity contribution in [2.75, 3.05) is 13.2 Å². The van der Waals surface area contributed by atoms with Crippen LogP contribution in [0.5, 0.6) is 0 Å². The van der Waals surface area contributed by atoms with Crippen molar-refractivity contribution >= 4 is 17.9 Å². The summed E-state index contributed by atoms with van der Waals surface area (Å²) in [7, 11) is 0. The molecule has 0 aliphatic rings. The van der Waals surface area contributed by atoms with Crippen LogP contribution in [-0.4, -0.2) is 37.2 Å². The first kappa shape index (κ1) is 74.1. The number of hydrogen-bond donors (Lipinski definition) is 0. The summed E-state index contributed by atoms with van der Waals surface area (Å²) in [5, 5.41) is 0. The molecule has 1 atom stereocenters. The zero-order valence-electron chi connectivity index (χ0n) is 51.5. The predicted molar refractivity (Wildman–Crippen MR) is 335 cm³/mol. The molecule has 6 heteroatoms. The Labute approximate surface area is 479 Å². The third-order valence-corrected chi connectivity index (χ3v) is 15.0. The largest absolute Gasteiger partial charge is 0.462 e. The summed E-state index contributed by atoms with van der Waals surface area (Å²) in [5.41, 5.74) is 0. The molecule has 0 fully saturated rings. The zero-order valence-corrected chi connectivity index (χ0v) is 51.5. The Bertz CT molecular complexity index is 1380. The van der Waals surface area contributed by atoms with Gasteiger partial charge in [0.15, 0.2) is 6.10 Å². The van der Waals surface area contributed by atoms with Crippen molar-refractivity contribution in [3.63, 3.8) is 0 Å². The van der Waals surface area contributed by atoms with Gasteiger partial charge in [-0.2, -0.15) is 0 Å². The summed E-state index contributed by atoms with van der Waals surface area (Å²) in [4.78, 5) is 38.4. The van der Waals surface area contributed by atoms with Crippen molar-refractivity contribution in [3.8, 4) is 0 Å². The lowest BCUT2D eigenvalue weighted by Gasteiger charge is -2.18. The van der Waals surface area contributed by atoms with E-state index in [1.54, 1.807) is 0 Å². The van der Waals surface area contributed by atoms with Gasteiger partial charge in [0.2, 0.25) is 0 Å². The molecule has 0 N–H and O–H groups in total. The van der Waals surface area contributed by atoms with E-state index < -0.39 is 6.10 Å². The van der Waals surface area contributed by atoms with Crippen LogP contribution < -0.4 is 0 Å². The highest BCUT2D eigenvalue weighted by molar-refractivity contribution is 5.71. The quantitative estimate of drug-likeness (QED) is 0.0261. The van der Waals surface area contributed by atoms with Gasteiger partial charge in [-0.05, 0) is 109 Å². The van der Waals surface area contributed by atoms with Gasteiger partial charge in [-0.15, -0.1) is 0 Å². The van der Waals surface area contributed by atoms with Gasteiger partial charge < -0.3 is 14.2 Å². The van der Waals surface area contributed by atoms with Gasteiger partial charge in [0.25, 0.3) is 0 Å². The van der Waals surface area contributed by atoms with E-state index in [0.717, 1.165) is 70.6 Å². The van der Waals surface area contributed by atoms with Gasteiger partial charge in [-0.25, -0.2) is 0 Å². The highest BCUT2D eigenvalue weighted by Crippen LogP contribution is 2.17. The topological polar surface area (TPSA) is 78.9 Å². The van der Waals surface area contributed by atoms with Crippen molar-refractivity contribution in [3.05, 3.63) is 60.8 Å². The van der Waals surface area contributed by atoms with Crippen LogP contribution in [0.2, 0.25) is 0 Å². The fourth-order valence-electron chi connectivity index (χ4n) is 9.85. The molecule has 0 heterocycles. The average molecular weight is 1080 g/mol. The molecule has 448 valence electrons. The molecule has 0 radical (unpaired) electrons. The molecular formula is C71H128O6. The molecule has 0 amide bonds. The van der Waals surface area contributed by atoms with Crippen molar-refractivity contribution < 1.29 is 28.6 Å². The molecule has 0 aliphatic carbocycles. The molecule has 0 saturated heterocycles. The third-order valence-electron chi connectivity index (χ3n) is 15.0. The fourth-order valence-corrected chi connectivity index (χ4v) is 9.85. The van der Waals surface area contributed by atoms with Crippen LogP contribution in [0.25, 0.3) is 0 Å². The maximum Gasteiger partial charge on any atom is 0.306 e.